The van der Waals surface area contributed by atoms with Gasteiger partial charge in [0, 0.05) is 17.8 Å². The maximum atomic E-state index is 12.3. The molecule has 3 rings (SSSR count). The number of ether oxygens (including phenoxy) is 1. The standard InChI is InChI=1S/C21H29N3O3/c1-24(2)21(10-3-4-11-21)16-22-20(25)23-18-8-5-7-17(13-18)14-26-15-19-9-6-12-27-19/h5-9,12-13H,3-4,10-11,14-16H2,1-2H3,(H2,22,23,25). The molecule has 0 saturated heterocycles. The van der Waals surface area contributed by atoms with E-state index in [9.17, 15) is 4.79 Å². The Labute approximate surface area is 160 Å². The Hall–Kier alpha value is -2.31. The topological polar surface area (TPSA) is 66.7 Å². The molecule has 1 saturated carbocycles. The number of carbonyl (C=O) groups is 1. The van der Waals surface area contributed by atoms with Crippen molar-refractivity contribution >= 4 is 11.7 Å². The molecule has 0 radical (unpaired) electrons. The summed E-state index contributed by atoms with van der Waals surface area (Å²) in [6.45, 7) is 1.55. The third kappa shape index (κ3) is 5.34. The van der Waals surface area contributed by atoms with Gasteiger partial charge >= 0.3 is 6.03 Å². The molecular weight excluding hydrogens is 342 g/mol. The van der Waals surface area contributed by atoms with E-state index in [1.54, 1.807) is 6.26 Å². The van der Waals surface area contributed by atoms with Gasteiger partial charge in [0.1, 0.15) is 12.4 Å². The van der Waals surface area contributed by atoms with Gasteiger partial charge in [-0.05, 0) is 56.8 Å². The van der Waals surface area contributed by atoms with Crippen molar-refractivity contribution < 1.29 is 13.9 Å². The zero-order valence-electron chi connectivity index (χ0n) is 16.2. The van der Waals surface area contributed by atoms with Crippen molar-refractivity contribution in [3.8, 4) is 0 Å². The van der Waals surface area contributed by atoms with Crippen LogP contribution in [0.15, 0.2) is 47.1 Å². The lowest BCUT2D eigenvalue weighted by molar-refractivity contribution is 0.0930. The lowest BCUT2D eigenvalue weighted by Crippen LogP contribution is -2.51. The minimum atomic E-state index is -0.170. The lowest BCUT2D eigenvalue weighted by Gasteiger charge is -2.36. The van der Waals surface area contributed by atoms with Crippen LogP contribution in [0.2, 0.25) is 0 Å². The van der Waals surface area contributed by atoms with Crippen LogP contribution >= 0.6 is 0 Å². The highest BCUT2D eigenvalue weighted by molar-refractivity contribution is 5.89. The van der Waals surface area contributed by atoms with E-state index in [2.05, 4.69) is 29.6 Å². The molecule has 1 heterocycles. The normalized spacial score (nSPS) is 15.8. The molecular formula is C21H29N3O3. The van der Waals surface area contributed by atoms with Crippen LogP contribution in [0.25, 0.3) is 0 Å². The number of rotatable bonds is 8. The Morgan fingerprint density at radius 3 is 2.70 bits per heavy atom. The third-order valence-electron chi connectivity index (χ3n) is 5.34. The van der Waals surface area contributed by atoms with Crippen molar-refractivity contribution in [1.82, 2.24) is 10.2 Å². The molecule has 1 fully saturated rings. The van der Waals surface area contributed by atoms with Crippen molar-refractivity contribution in [2.45, 2.75) is 44.4 Å². The minimum absolute atomic E-state index is 0.0822. The second-order valence-electron chi connectivity index (χ2n) is 7.41. The maximum absolute atomic E-state index is 12.3. The van der Waals surface area contributed by atoms with Gasteiger partial charge in [0.2, 0.25) is 0 Å². The van der Waals surface area contributed by atoms with Crippen molar-refractivity contribution in [3.05, 3.63) is 54.0 Å². The van der Waals surface area contributed by atoms with Crippen LogP contribution in [0.4, 0.5) is 10.5 Å². The second-order valence-corrected chi connectivity index (χ2v) is 7.41. The van der Waals surface area contributed by atoms with Gasteiger partial charge in [0.25, 0.3) is 0 Å². The molecule has 2 aromatic rings. The second kappa shape index (κ2) is 9.06. The van der Waals surface area contributed by atoms with Gasteiger partial charge < -0.3 is 24.7 Å². The number of hydrogen-bond donors (Lipinski definition) is 2. The van der Waals surface area contributed by atoms with E-state index in [1.807, 2.05) is 36.4 Å². The van der Waals surface area contributed by atoms with Gasteiger partial charge in [-0.25, -0.2) is 4.79 Å². The quantitative estimate of drug-likeness (QED) is 0.736. The number of urea groups is 1. The summed E-state index contributed by atoms with van der Waals surface area (Å²) in [4.78, 5) is 14.6. The average Bonchev–Trinajstić information content (AvgIpc) is 3.33. The highest BCUT2D eigenvalue weighted by atomic mass is 16.5. The van der Waals surface area contributed by atoms with Crippen LogP contribution in [-0.4, -0.2) is 37.1 Å². The molecule has 0 atom stereocenters. The number of furan rings is 1. The smallest absolute Gasteiger partial charge is 0.319 e. The van der Waals surface area contributed by atoms with E-state index in [1.165, 1.54) is 12.8 Å². The number of benzene rings is 1. The van der Waals surface area contributed by atoms with Gasteiger partial charge in [0.15, 0.2) is 0 Å². The van der Waals surface area contributed by atoms with Crippen LogP contribution in [0.1, 0.15) is 37.0 Å². The van der Waals surface area contributed by atoms with Gasteiger partial charge in [-0.2, -0.15) is 0 Å². The molecule has 2 amide bonds. The molecule has 0 aliphatic heterocycles. The highest BCUT2D eigenvalue weighted by Gasteiger charge is 2.36. The first-order chi connectivity index (χ1) is 13.1. The summed E-state index contributed by atoms with van der Waals surface area (Å²) in [5.74, 6) is 0.797. The predicted octanol–water partition coefficient (Wildman–Crippen LogP) is 3.99. The molecule has 0 unspecified atom stereocenters. The molecule has 2 N–H and O–H groups in total. The van der Waals surface area contributed by atoms with E-state index in [-0.39, 0.29) is 11.6 Å². The summed E-state index contributed by atoms with van der Waals surface area (Å²) in [5.41, 5.74) is 1.84. The zero-order chi connectivity index (χ0) is 19.1. The number of amides is 2. The summed E-state index contributed by atoms with van der Waals surface area (Å²) in [5, 5.41) is 5.96. The molecule has 27 heavy (non-hydrogen) atoms. The first kappa shape index (κ1) is 19.5. The van der Waals surface area contributed by atoms with Crippen LogP contribution < -0.4 is 10.6 Å². The molecule has 0 spiro atoms. The van der Waals surface area contributed by atoms with E-state index < -0.39 is 0 Å². The van der Waals surface area contributed by atoms with Gasteiger partial charge in [-0.3, -0.25) is 0 Å². The number of hydrogen-bond acceptors (Lipinski definition) is 4. The molecule has 146 valence electrons. The third-order valence-corrected chi connectivity index (χ3v) is 5.34. The fraction of sp³-hybridized carbons (Fsp3) is 0.476. The van der Waals surface area contributed by atoms with E-state index in [0.29, 0.717) is 19.8 Å². The Balaban J connectivity index is 1.47. The Kier molecular flexibility index (Phi) is 6.53. The molecule has 0 bridgehead atoms. The Morgan fingerprint density at radius 2 is 2.00 bits per heavy atom. The fourth-order valence-electron chi connectivity index (χ4n) is 3.64. The van der Waals surface area contributed by atoms with E-state index >= 15 is 0 Å². The SMILES string of the molecule is CN(C)C1(CNC(=O)Nc2cccc(COCc3ccco3)c2)CCCC1. The van der Waals surface area contributed by atoms with Crippen LogP contribution in [-0.2, 0) is 18.0 Å². The zero-order valence-corrected chi connectivity index (χ0v) is 16.2. The van der Waals surface area contributed by atoms with Gasteiger partial charge in [-0.1, -0.05) is 25.0 Å². The first-order valence-electron chi connectivity index (χ1n) is 9.49. The van der Waals surface area contributed by atoms with Gasteiger partial charge in [-0.15, -0.1) is 0 Å². The summed E-state index contributed by atoms with van der Waals surface area (Å²) in [6.07, 6.45) is 6.34. The van der Waals surface area contributed by atoms with Gasteiger partial charge in [0.05, 0.1) is 12.9 Å². The maximum Gasteiger partial charge on any atom is 0.319 e. The summed E-state index contributed by atoms with van der Waals surface area (Å²) in [7, 11) is 4.19. The number of nitrogens with zero attached hydrogens (tertiary/aromatic N) is 1. The number of anilines is 1. The molecule has 1 aliphatic carbocycles. The number of likely N-dealkylation sites (N-methyl/N-ethyl adjacent to an activating group) is 1. The highest BCUT2D eigenvalue weighted by Crippen LogP contribution is 2.33. The summed E-state index contributed by atoms with van der Waals surface area (Å²) >= 11 is 0. The largest absolute Gasteiger partial charge is 0.467 e. The summed E-state index contributed by atoms with van der Waals surface area (Å²) in [6, 6.07) is 11.3. The van der Waals surface area contributed by atoms with E-state index in [0.717, 1.165) is 29.9 Å². The lowest BCUT2D eigenvalue weighted by atomic mass is 9.96. The van der Waals surface area contributed by atoms with Crippen molar-refractivity contribution in [2.24, 2.45) is 0 Å². The predicted molar refractivity (Wildman–Crippen MR) is 106 cm³/mol. The van der Waals surface area contributed by atoms with Crippen LogP contribution in [0.5, 0.6) is 0 Å². The minimum Gasteiger partial charge on any atom is -0.467 e. The fourth-order valence-corrected chi connectivity index (χ4v) is 3.64. The average molecular weight is 371 g/mol. The Morgan fingerprint density at radius 1 is 1.19 bits per heavy atom. The summed E-state index contributed by atoms with van der Waals surface area (Å²) < 4.78 is 10.9. The first-order valence-corrected chi connectivity index (χ1v) is 9.49. The Bertz CT molecular complexity index is 722. The van der Waals surface area contributed by atoms with Crippen molar-refractivity contribution in [1.29, 1.82) is 0 Å². The number of nitrogens with one attached hydrogen (secondary N) is 2. The van der Waals surface area contributed by atoms with E-state index in [4.69, 9.17) is 9.15 Å². The number of carbonyl (C=O) groups excluding carboxylic acids is 1. The van der Waals surface area contributed by atoms with Crippen LogP contribution in [0.3, 0.4) is 0 Å². The molecule has 1 aromatic carbocycles. The van der Waals surface area contributed by atoms with Crippen LogP contribution in [0, 0.1) is 0 Å². The van der Waals surface area contributed by atoms with Crippen molar-refractivity contribution in [2.75, 3.05) is 26.0 Å². The molecule has 6 heteroatoms. The molecule has 6 nitrogen and oxygen atoms in total. The van der Waals surface area contributed by atoms with Crippen molar-refractivity contribution in [3.63, 3.8) is 0 Å². The monoisotopic (exact) mass is 371 g/mol. The molecule has 1 aromatic heterocycles. The molecule has 1 aliphatic rings.